The quantitative estimate of drug-likeness (QED) is 0.510. The third-order valence-electron chi connectivity index (χ3n) is 5.53. The van der Waals surface area contributed by atoms with Crippen molar-refractivity contribution in [3.05, 3.63) is 108 Å². The first-order valence-electron chi connectivity index (χ1n) is 10.9. The van der Waals surface area contributed by atoms with E-state index < -0.39 is 24.1 Å². The summed E-state index contributed by atoms with van der Waals surface area (Å²) in [5.74, 6) is -1.49. The van der Waals surface area contributed by atoms with E-state index in [9.17, 15) is 5.11 Å². The molecule has 0 aliphatic carbocycles. The lowest BCUT2D eigenvalue weighted by molar-refractivity contribution is -0.231. The second-order valence-corrected chi connectivity index (χ2v) is 8.19. The average Bonchev–Trinajstić information content (AvgIpc) is 3.07. The minimum atomic E-state index is -1.49. The molecule has 1 fully saturated rings. The van der Waals surface area contributed by atoms with Gasteiger partial charge in [-0.25, -0.2) is 0 Å². The Balaban J connectivity index is 1.44. The summed E-state index contributed by atoms with van der Waals surface area (Å²) in [5, 5.41) is 11.0. The molecule has 0 bridgehead atoms. The van der Waals surface area contributed by atoms with Crippen LogP contribution in [-0.4, -0.2) is 35.8 Å². The van der Waals surface area contributed by atoms with Crippen molar-refractivity contribution < 1.29 is 24.1 Å². The normalized spacial score (nSPS) is 25.1. The highest BCUT2D eigenvalue weighted by Crippen LogP contribution is 2.34. The van der Waals surface area contributed by atoms with Crippen LogP contribution in [-0.2, 0) is 38.8 Å². The van der Waals surface area contributed by atoms with Crippen molar-refractivity contribution in [2.75, 3.05) is 6.61 Å². The lowest BCUT2D eigenvalue weighted by Gasteiger charge is -2.27. The molecule has 1 aliphatic heterocycles. The lowest BCUT2D eigenvalue weighted by Crippen LogP contribution is -2.44. The van der Waals surface area contributed by atoms with Crippen LogP contribution in [0.5, 0.6) is 0 Å². The fourth-order valence-corrected chi connectivity index (χ4v) is 3.91. The molecule has 168 valence electrons. The van der Waals surface area contributed by atoms with E-state index in [4.69, 9.17) is 18.9 Å². The van der Waals surface area contributed by atoms with Crippen LogP contribution in [0.4, 0.5) is 0 Å². The van der Waals surface area contributed by atoms with Crippen LogP contribution in [0, 0.1) is 0 Å². The molecule has 0 radical (unpaired) electrons. The second-order valence-electron chi connectivity index (χ2n) is 8.19. The van der Waals surface area contributed by atoms with Gasteiger partial charge in [0, 0.05) is 0 Å². The highest BCUT2D eigenvalue weighted by atomic mass is 16.7. The molecule has 1 saturated heterocycles. The molecule has 5 nitrogen and oxygen atoms in total. The maximum absolute atomic E-state index is 11.0. The summed E-state index contributed by atoms with van der Waals surface area (Å²) in [6, 6.07) is 29.8. The third-order valence-corrected chi connectivity index (χ3v) is 5.53. The van der Waals surface area contributed by atoms with Crippen LogP contribution in [0.3, 0.4) is 0 Å². The largest absolute Gasteiger partial charge is 0.374 e. The molecule has 1 N–H and O–H groups in total. The van der Waals surface area contributed by atoms with Gasteiger partial charge >= 0.3 is 0 Å². The van der Waals surface area contributed by atoms with Crippen molar-refractivity contribution in [3.63, 3.8) is 0 Å². The highest BCUT2D eigenvalue weighted by Gasteiger charge is 2.53. The number of benzene rings is 3. The van der Waals surface area contributed by atoms with Crippen LogP contribution in [0.15, 0.2) is 91.0 Å². The van der Waals surface area contributed by atoms with Crippen LogP contribution in [0.2, 0.25) is 0 Å². The van der Waals surface area contributed by atoms with E-state index in [2.05, 4.69) is 0 Å². The number of aliphatic hydroxyl groups is 1. The second kappa shape index (κ2) is 10.9. The smallest absolute Gasteiger partial charge is 0.192 e. The Morgan fingerprint density at radius 2 is 1.19 bits per heavy atom. The Morgan fingerprint density at radius 3 is 1.72 bits per heavy atom. The maximum atomic E-state index is 11.0. The predicted molar refractivity (Wildman–Crippen MR) is 122 cm³/mol. The van der Waals surface area contributed by atoms with Gasteiger partial charge in [0.15, 0.2) is 5.79 Å². The van der Waals surface area contributed by atoms with Crippen LogP contribution >= 0.6 is 0 Å². The van der Waals surface area contributed by atoms with Gasteiger partial charge in [-0.05, 0) is 23.6 Å². The predicted octanol–water partition coefficient (Wildman–Crippen LogP) is 4.48. The van der Waals surface area contributed by atoms with Crippen molar-refractivity contribution in [3.8, 4) is 0 Å². The summed E-state index contributed by atoms with van der Waals surface area (Å²) >= 11 is 0. The Hall–Kier alpha value is -2.54. The molecule has 0 amide bonds. The summed E-state index contributed by atoms with van der Waals surface area (Å²) in [4.78, 5) is 0. The molecule has 5 heteroatoms. The van der Waals surface area contributed by atoms with Crippen molar-refractivity contribution in [1.82, 2.24) is 0 Å². The molecule has 3 aromatic rings. The summed E-state index contributed by atoms with van der Waals surface area (Å²) in [6.07, 6.45) is -1.60. The number of hydrogen-bond acceptors (Lipinski definition) is 5. The topological polar surface area (TPSA) is 57.2 Å². The Bertz CT molecular complexity index is 930. The van der Waals surface area contributed by atoms with Gasteiger partial charge in [-0.2, -0.15) is 0 Å². The molecule has 0 spiro atoms. The van der Waals surface area contributed by atoms with Crippen molar-refractivity contribution in [1.29, 1.82) is 0 Å². The van der Waals surface area contributed by atoms with E-state index in [1.807, 2.05) is 91.0 Å². The number of rotatable bonds is 10. The number of ether oxygens (including phenoxy) is 4. The molecule has 4 rings (SSSR count). The van der Waals surface area contributed by atoms with E-state index in [0.29, 0.717) is 19.8 Å². The SMILES string of the molecule is C[C@@]1(O)O[C@H](COCc2ccccc2)[C@@H](OCc2ccccc2)[C@H]1OCc1ccccc1. The van der Waals surface area contributed by atoms with Crippen molar-refractivity contribution in [2.45, 2.75) is 50.8 Å². The zero-order valence-corrected chi connectivity index (χ0v) is 18.3. The molecular weight excluding hydrogens is 404 g/mol. The van der Waals surface area contributed by atoms with Gasteiger partial charge in [0.25, 0.3) is 0 Å². The van der Waals surface area contributed by atoms with Gasteiger partial charge in [0.1, 0.15) is 18.3 Å². The molecule has 0 unspecified atom stereocenters. The number of hydrogen-bond donors (Lipinski definition) is 1. The van der Waals surface area contributed by atoms with Gasteiger partial charge in [-0.1, -0.05) is 91.0 Å². The van der Waals surface area contributed by atoms with Gasteiger partial charge in [0.05, 0.1) is 26.4 Å². The summed E-state index contributed by atoms with van der Waals surface area (Å²) in [5.41, 5.74) is 3.15. The van der Waals surface area contributed by atoms with Crippen molar-refractivity contribution >= 4 is 0 Å². The van der Waals surface area contributed by atoms with Gasteiger partial charge in [-0.15, -0.1) is 0 Å². The third kappa shape index (κ3) is 6.03. The molecule has 0 saturated carbocycles. The summed E-state index contributed by atoms with van der Waals surface area (Å²) in [6.45, 7) is 3.12. The fraction of sp³-hybridized carbons (Fsp3) is 0.333. The van der Waals surface area contributed by atoms with E-state index in [0.717, 1.165) is 16.7 Å². The van der Waals surface area contributed by atoms with E-state index in [-0.39, 0.29) is 6.61 Å². The molecule has 1 aliphatic rings. The van der Waals surface area contributed by atoms with Crippen LogP contribution < -0.4 is 0 Å². The van der Waals surface area contributed by atoms with Crippen LogP contribution in [0.25, 0.3) is 0 Å². The molecule has 32 heavy (non-hydrogen) atoms. The molecule has 3 aromatic carbocycles. The van der Waals surface area contributed by atoms with Gasteiger partial charge in [-0.3, -0.25) is 0 Å². The standard InChI is InChI=1S/C27H30O5/c1-27(28)26(31-19-23-15-9-4-10-16-23)25(30-18-22-13-7-3-8-14-22)24(32-27)20-29-17-21-11-5-2-6-12-21/h2-16,24-26,28H,17-20H2,1H3/t24-,25-,26-,27-/m1/s1. The Labute approximate surface area is 189 Å². The van der Waals surface area contributed by atoms with Gasteiger partial charge < -0.3 is 24.1 Å². The summed E-state index contributed by atoms with van der Waals surface area (Å²) in [7, 11) is 0. The van der Waals surface area contributed by atoms with Gasteiger partial charge in [0.2, 0.25) is 0 Å². The maximum Gasteiger partial charge on any atom is 0.192 e. The highest BCUT2D eigenvalue weighted by molar-refractivity contribution is 5.15. The first-order valence-corrected chi connectivity index (χ1v) is 10.9. The zero-order valence-electron chi connectivity index (χ0n) is 18.3. The molecule has 4 atom stereocenters. The Kier molecular flexibility index (Phi) is 7.68. The summed E-state index contributed by atoms with van der Waals surface area (Å²) < 4.78 is 24.3. The van der Waals surface area contributed by atoms with E-state index >= 15 is 0 Å². The molecule has 0 aromatic heterocycles. The zero-order chi connectivity index (χ0) is 22.2. The molecule has 1 heterocycles. The lowest BCUT2D eigenvalue weighted by atomic mass is 10.1. The average molecular weight is 435 g/mol. The van der Waals surface area contributed by atoms with Crippen LogP contribution in [0.1, 0.15) is 23.6 Å². The van der Waals surface area contributed by atoms with E-state index in [1.165, 1.54) is 0 Å². The fourth-order valence-electron chi connectivity index (χ4n) is 3.91. The monoisotopic (exact) mass is 434 g/mol. The Morgan fingerprint density at radius 1 is 0.719 bits per heavy atom. The van der Waals surface area contributed by atoms with E-state index in [1.54, 1.807) is 6.92 Å². The minimum Gasteiger partial charge on any atom is -0.374 e. The van der Waals surface area contributed by atoms with Crippen molar-refractivity contribution in [2.24, 2.45) is 0 Å². The first kappa shape index (κ1) is 22.6. The minimum absolute atomic E-state index is 0.287. The first-order chi connectivity index (χ1) is 15.6. The molecular formula is C27H30O5.